The lowest BCUT2D eigenvalue weighted by Gasteiger charge is -2.16. The first-order chi connectivity index (χ1) is 12.2. The number of thiophene rings is 1. The molecule has 1 fully saturated rings. The number of aromatic nitrogens is 2. The number of rotatable bonds is 5. The molecule has 0 bridgehead atoms. The fourth-order valence-corrected chi connectivity index (χ4v) is 3.69. The summed E-state index contributed by atoms with van der Waals surface area (Å²) in [7, 11) is 0. The van der Waals surface area contributed by atoms with Crippen LogP contribution in [-0.4, -0.2) is 27.5 Å². The quantitative estimate of drug-likeness (QED) is 0.702. The van der Waals surface area contributed by atoms with E-state index in [9.17, 15) is 9.18 Å². The van der Waals surface area contributed by atoms with E-state index in [4.69, 9.17) is 4.52 Å². The Balaban J connectivity index is 1.43. The van der Waals surface area contributed by atoms with Crippen molar-refractivity contribution in [2.75, 3.05) is 6.54 Å². The van der Waals surface area contributed by atoms with Crippen LogP contribution < -0.4 is 0 Å². The maximum atomic E-state index is 13.8. The van der Waals surface area contributed by atoms with Gasteiger partial charge in [-0.25, -0.2) is 4.39 Å². The molecule has 2 aromatic heterocycles. The number of benzene rings is 1. The Morgan fingerprint density at radius 1 is 1.28 bits per heavy atom. The highest BCUT2D eigenvalue weighted by atomic mass is 32.1. The molecule has 0 radical (unpaired) electrons. The van der Waals surface area contributed by atoms with Gasteiger partial charge in [-0.05, 0) is 17.5 Å². The van der Waals surface area contributed by atoms with Crippen LogP contribution in [0.4, 0.5) is 4.39 Å². The van der Waals surface area contributed by atoms with Crippen molar-refractivity contribution in [2.45, 2.75) is 25.3 Å². The summed E-state index contributed by atoms with van der Waals surface area (Å²) >= 11 is 1.64. The second kappa shape index (κ2) is 6.76. The summed E-state index contributed by atoms with van der Waals surface area (Å²) in [5.41, 5.74) is 0.517. The fourth-order valence-electron chi connectivity index (χ4n) is 3.00. The average molecular weight is 357 g/mol. The largest absolute Gasteiger partial charge is 0.339 e. The van der Waals surface area contributed by atoms with Crippen LogP contribution >= 0.6 is 11.3 Å². The van der Waals surface area contributed by atoms with Crippen LogP contribution in [0.3, 0.4) is 0 Å². The van der Waals surface area contributed by atoms with Gasteiger partial charge in [0.15, 0.2) is 5.82 Å². The first-order valence-corrected chi connectivity index (χ1v) is 8.93. The molecule has 4 rings (SSSR count). The number of nitrogens with zero attached hydrogens (tertiary/aromatic N) is 3. The van der Waals surface area contributed by atoms with Gasteiger partial charge in [-0.2, -0.15) is 4.98 Å². The van der Waals surface area contributed by atoms with E-state index in [0.29, 0.717) is 36.7 Å². The number of hydrogen-bond acceptors (Lipinski definition) is 5. The zero-order chi connectivity index (χ0) is 17.2. The van der Waals surface area contributed by atoms with Crippen molar-refractivity contribution in [2.24, 2.45) is 0 Å². The van der Waals surface area contributed by atoms with Gasteiger partial charge in [0, 0.05) is 35.9 Å². The first-order valence-electron chi connectivity index (χ1n) is 8.05. The predicted molar refractivity (Wildman–Crippen MR) is 90.6 cm³/mol. The highest BCUT2D eigenvalue weighted by molar-refractivity contribution is 7.09. The van der Waals surface area contributed by atoms with Gasteiger partial charge in [0.25, 0.3) is 0 Å². The molecular weight excluding hydrogens is 341 g/mol. The normalized spacial score (nSPS) is 17.4. The van der Waals surface area contributed by atoms with Crippen molar-refractivity contribution in [3.63, 3.8) is 0 Å². The molecule has 7 heteroatoms. The van der Waals surface area contributed by atoms with Crippen molar-refractivity contribution < 1.29 is 13.7 Å². The van der Waals surface area contributed by atoms with Gasteiger partial charge in [-0.15, -0.1) is 11.3 Å². The summed E-state index contributed by atoms with van der Waals surface area (Å²) in [6.07, 6.45) is 0.927. The van der Waals surface area contributed by atoms with Crippen molar-refractivity contribution >= 4 is 17.2 Å². The second-order valence-electron chi connectivity index (χ2n) is 6.07. The molecule has 1 aromatic carbocycles. The van der Waals surface area contributed by atoms with Crippen LogP contribution in [0.15, 0.2) is 46.3 Å². The smallest absolute Gasteiger partial charge is 0.231 e. The number of likely N-dealkylation sites (tertiary alicyclic amines) is 1. The SMILES string of the molecule is O=C1CC(c2noc(Cc3cccs3)n2)CN1Cc1ccccc1F. The Bertz CT molecular complexity index is 878. The summed E-state index contributed by atoms with van der Waals surface area (Å²) in [6.45, 7) is 0.743. The number of carbonyl (C=O) groups excluding carboxylic acids is 1. The first kappa shape index (κ1) is 16.0. The third-order valence-corrected chi connectivity index (χ3v) is 5.16. The van der Waals surface area contributed by atoms with E-state index >= 15 is 0 Å². The second-order valence-corrected chi connectivity index (χ2v) is 7.10. The molecular formula is C18H16FN3O2S. The van der Waals surface area contributed by atoms with E-state index in [-0.39, 0.29) is 24.2 Å². The summed E-state index contributed by atoms with van der Waals surface area (Å²) in [6, 6.07) is 10.5. The van der Waals surface area contributed by atoms with Crippen molar-refractivity contribution in [1.29, 1.82) is 0 Å². The molecule has 1 saturated heterocycles. The lowest BCUT2D eigenvalue weighted by atomic mass is 10.1. The minimum Gasteiger partial charge on any atom is -0.339 e. The van der Waals surface area contributed by atoms with E-state index in [1.165, 1.54) is 6.07 Å². The zero-order valence-electron chi connectivity index (χ0n) is 13.4. The number of amides is 1. The van der Waals surface area contributed by atoms with Gasteiger partial charge in [-0.1, -0.05) is 29.4 Å². The van der Waals surface area contributed by atoms with Crippen LogP contribution in [0.25, 0.3) is 0 Å². The number of carbonyl (C=O) groups is 1. The van der Waals surface area contributed by atoms with E-state index in [1.807, 2.05) is 17.5 Å². The van der Waals surface area contributed by atoms with Gasteiger partial charge < -0.3 is 9.42 Å². The molecule has 25 heavy (non-hydrogen) atoms. The molecule has 0 aliphatic carbocycles. The highest BCUT2D eigenvalue weighted by Gasteiger charge is 2.34. The van der Waals surface area contributed by atoms with E-state index in [0.717, 1.165) is 4.88 Å². The minimum atomic E-state index is -0.295. The van der Waals surface area contributed by atoms with Crippen molar-refractivity contribution in [1.82, 2.24) is 15.0 Å². The summed E-state index contributed by atoms with van der Waals surface area (Å²) in [4.78, 5) is 19.5. The Kier molecular flexibility index (Phi) is 4.31. The molecule has 5 nitrogen and oxygen atoms in total. The number of halogens is 1. The van der Waals surface area contributed by atoms with E-state index in [2.05, 4.69) is 10.1 Å². The summed E-state index contributed by atoms with van der Waals surface area (Å²) < 4.78 is 19.1. The molecule has 3 aromatic rings. The predicted octanol–water partition coefficient (Wildman–Crippen LogP) is 3.38. The van der Waals surface area contributed by atoms with Crippen LogP contribution in [0, 0.1) is 5.82 Å². The average Bonchev–Trinajstić information content (AvgIpc) is 3.33. The zero-order valence-corrected chi connectivity index (χ0v) is 14.2. The molecule has 0 spiro atoms. The van der Waals surface area contributed by atoms with Gasteiger partial charge >= 0.3 is 0 Å². The van der Waals surface area contributed by atoms with Crippen LogP contribution in [-0.2, 0) is 17.8 Å². The molecule has 0 N–H and O–H groups in total. The molecule has 0 saturated carbocycles. The molecule has 128 valence electrons. The maximum absolute atomic E-state index is 13.8. The van der Waals surface area contributed by atoms with Gasteiger partial charge in [-0.3, -0.25) is 4.79 Å². The Hall–Kier alpha value is -2.54. The Labute approximate surface area is 148 Å². The molecule has 1 amide bonds. The number of hydrogen-bond donors (Lipinski definition) is 0. The Morgan fingerprint density at radius 3 is 2.96 bits per heavy atom. The monoisotopic (exact) mass is 357 g/mol. The lowest BCUT2D eigenvalue weighted by molar-refractivity contribution is -0.128. The van der Waals surface area contributed by atoms with Crippen LogP contribution in [0.5, 0.6) is 0 Å². The molecule has 3 heterocycles. The summed E-state index contributed by atoms with van der Waals surface area (Å²) in [5, 5.41) is 6.04. The lowest BCUT2D eigenvalue weighted by Crippen LogP contribution is -2.25. The maximum Gasteiger partial charge on any atom is 0.231 e. The highest BCUT2D eigenvalue weighted by Crippen LogP contribution is 2.28. The van der Waals surface area contributed by atoms with Crippen molar-refractivity contribution in [3.05, 3.63) is 69.8 Å². The third-order valence-electron chi connectivity index (χ3n) is 4.29. The van der Waals surface area contributed by atoms with E-state index in [1.54, 1.807) is 34.4 Å². The topological polar surface area (TPSA) is 59.2 Å². The van der Waals surface area contributed by atoms with Gasteiger partial charge in [0.2, 0.25) is 11.8 Å². The summed E-state index contributed by atoms with van der Waals surface area (Å²) in [5.74, 6) is 0.683. The van der Waals surface area contributed by atoms with Gasteiger partial charge in [0.05, 0.1) is 6.42 Å². The third kappa shape index (κ3) is 3.46. The van der Waals surface area contributed by atoms with Crippen LogP contribution in [0.1, 0.15) is 34.5 Å². The fraction of sp³-hybridized carbons (Fsp3) is 0.278. The van der Waals surface area contributed by atoms with Gasteiger partial charge in [0.1, 0.15) is 5.82 Å². The molecule has 1 aliphatic rings. The van der Waals surface area contributed by atoms with Crippen molar-refractivity contribution in [3.8, 4) is 0 Å². The molecule has 1 atom stereocenters. The van der Waals surface area contributed by atoms with E-state index < -0.39 is 0 Å². The minimum absolute atomic E-state index is 0.0159. The van der Waals surface area contributed by atoms with Crippen LogP contribution in [0.2, 0.25) is 0 Å². The standard InChI is InChI=1S/C18H16FN3O2S/c19-15-6-2-1-4-12(15)10-22-11-13(8-17(22)23)18-20-16(24-21-18)9-14-5-3-7-25-14/h1-7,13H,8-11H2. The molecule has 1 aliphatic heterocycles. The Morgan fingerprint density at radius 2 is 2.16 bits per heavy atom. The molecule has 1 unspecified atom stereocenters.